The first kappa shape index (κ1) is 16.6. The number of para-hydroxylation sites is 2. The first-order chi connectivity index (χ1) is 13.1. The molecule has 0 fully saturated rings. The molecule has 0 atom stereocenters. The average Bonchev–Trinajstić information content (AvgIpc) is 2.68. The van der Waals surface area contributed by atoms with Gasteiger partial charge in [-0.2, -0.15) is 0 Å². The van der Waals surface area contributed by atoms with Crippen LogP contribution in [0.3, 0.4) is 0 Å². The Kier molecular flexibility index (Phi) is 4.18. The number of rotatable bonds is 3. The largest absolute Gasteiger partial charge is 0.507 e. The fourth-order valence-corrected chi connectivity index (χ4v) is 2.86. The summed E-state index contributed by atoms with van der Waals surface area (Å²) >= 11 is 0. The highest BCUT2D eigenvalue weighted by Gasteiger charge is 2.08. The molecular weight excluding hydrogens is 342 g/mol. The van der Waals surface area contributed by atoms with E-state index in [4.69, 9.17) is 4.42 Å². The lowest BCUT2D eigenvalue weighted by molar-refractivity contribution is -0.111. The number of nitrogens with one attached hydrogen (secondary N) is 1. The van der Waals surface area contributed by atoms with Crippen LogP contribution in [0.5, 0.6) is 5.75 Å². The van der Waals surface area contributed by atoms with Crippen LogP contribution in [0.1, 0.15) is 5.56 Å². The van der Waals surface area contributed by atoms with Crippen LogP contribution in [0.25, 0.3) is 28.0 Å². The molecule has 0 aliphatic heterocycles. The highest BCUT2D eigenvalue weighted by atomic mass is 16.3. The Bertz CT molecular complexity index is 1250. The molecule has 0 aliphatic rings. The van der Waals surface area contributed by atoms with Gasteiger partial charge in [-0.15, -0.1) is 0 Å². The summed E-state index contributed by atoms with van der Waals surface area (Å²) in [5.74, 6) is -0.278. The maximum atomic E-state index is 12.7. The number of hydrogen-bond donors (Lipinski definition) is 2. The summed E-state index contributed by atoms with van der Waals surface area (Å²) in [5, 5.41) is 13.3. The number of benzene rings is 3. The Morgan fingerprint density at radius 3 is 2.52 bits per heavy atom. The number of carbonyl (C=O) groups is 1. The molecule has 4 aromatic rings. The van der Waals surface area contributed by atoms with Crippen LogP contribution < -0.4 is 10.7 Å². The summed E-state index contributed by atoms with van der Waals surface area (Å²) in [5.41, 5.74) is 1.86. The van der Waals surface area contributed by atoms with Gasteiger partial charge in [0.05, 0.1) is 10.8 Å². The third-order valence-corrected chi connectivity index (χ3v) is 4.19. The van der Waals surface area contributed by atoms with Crippen LogP contribution >= 0.6 is 0 Å². The number of amides is 1. The van der Waals surface area contributed by atoms with E-state index in [-0.39, 0.29) is 17.1 Å². The Balaban J connectivity index is 1.63. The van der Waals surface area contributed by atoms with Crippen molar-refractivity contribution in [3.63, 3.8) is 0 Å². The smallest absolute Gasteiger partial charge is 0.248 e. The van der Waals surface area contributed by atoms with Crippen LogP contribution in [0, 0.1) is 0 Å². The molecule has 1 heterocycles. The maximum Gasteiger partial charge on any atom is 0.248 e. The summed E-state index contributed by atoms with van der Waals surface area (Å²) < 4.78 is 5.75. The molecule has 5 heteroatoms. The molecule has 0 bridgehead atoms. The molecule has 132 valence electrons. The molecule has 4 rings (SSSR count). The quantitative estimate of drug-likeness (QED) is 0.423. The second-order valence-corrected chi connectivity index (χ2v) is 6.02. The Morgan fingerprint density at radius 2 is 1.67 bits per heavy atom. The SMILES string of the molecule is O=C(/C=C/c1ccccc1O)Nc1ccc2oc3ccccc3c(=O)c2c1. The number of hydrogen-bond acceptors (Lipinski definition) is 4. The van der Waals surface area contributed by atoms with Crippen LogP contribution in [0.2, 0.25) is 0 Å². The molecule has 5 nitrogen and oxygen atoms in total. The monoisotopic (exact) mass is 357 g/mol. The summed E-state index contributed by atoms with van der Waals surface area (Å²) in [6, 6.07) is 18.7. The van der Waals surface area contributed by atoms with Crippen molar-refractivity contribution in [3.05, 3.63) is 88.6 Å². The highest BCUT2D eigenvalue weighted by Crippen LogP contribution is 2.22. The summed E-state index contributed by atoms with van der Waals surface area (Å²) in [6.07, 6.45) is 2.84. The van der Waals surface area contributed by atoms with Crippen molar-refractivity contribution in [3.8, 4) is 5.75 Å². The lowest BCUT2D eigenvalue weighted by atomic mass is 10.1. The molecule has 3 aromatic carbocycles. The molecule has 0 unspecified atom stereocenters. The minimum Gasteiger partial charge on any atom is -0.507 e. The van der Waals surface area contributed by atoms with Crippen LogP contribution in [-0.2, 0) is 4.79 Å². The third-order valence-electron chi connectivity index (χ3n) is 4.19. The fraction of sp³-hybridized carbons (Fsp3) is 0. The van der Waals surface area contributed by atoms with Gasteiger partial charge >= 0.3 is 0 Å². The fourth-order valence-electron chi connectivity index (χ4n) is 2.86. The minimum atomic E-state index is -0.372. The van der Waals surface area contributed by atoms with Crippen LogP contribution in [0.4, 0.5) is 5.69 Å². The van der Waals surface area contributed by atoms with E-state index in [9.17, 15) is 14.7 Å². The zero-order valence-corrected chi connectivity index (χ0v) is 14.2. The minimum absolute atomic E-state index is 0.0942. The molecule has 0 saturated carbocycles. The molecule has 0 spiro atoms. The standard InChI is InChI=1S/C22H15NO4/c24-18-7-3-1-5-14(18)9-12-21(25)23-15-10-11-20-17(13-15)22(26)16-6-2-4-8-19(16)27-20/h1-13,24H,(H,23,25)/b12-9+. The number of phenols is 1. The van der Waals surface area contributed by atoms with Gasteiger partial charge in [-0.3, -0.25) is 9.59 Å². The molecule has 0 radical (unpaired) electrons. The zero-order valence-electron chi connectivity index (χ0n) is 14.2. The van der Waals surface area contributed by atoms with Crippen molar-refractivity contribution in [2.24, 2.45) is 0 Å². The van der Waals surface area contributed by atoms with E-state index in [1.807, 2.05) is 6.07 Å². The van der Waals surface area contributed by atoms with E-state index in [1.54, 1.807) is 60.7 Å². The van der Waals surface area contributed by atoms with Crippen molar-refractivity contribution >= 4 is 39.6 Å². The van der Waals surface area contributed by atoms with Gasteiger partial charge in [-0.1, -0.05) is 30.3 Å². The van der Waals surface area contributed by atoms with Crippen LogP contribution in [-0.4, -0.2) is 11.0 Å². The number of fused-ring (bicyclic) bond motifs is 2. The van der Waals surface area contributed by atoms with Crippen LogP contribution in [0.15, 0.2) is 82.0 Å². The predicted molar refractivity (Wildman–Crippen MR) is 106 cm³/mol. The molecule has 2 N–H and O–H groups in total. The second-order valence-electron chi connectivity index (χ2n) is 6.02. The molecule has 0 aliphatic carbocycles. The topological polar surface area (TPSA) is 79.5 Å². The maximum absolute atomic E-state index is 12.7. The lowest BCUT2D eigenvalue weighted by Crippen LogP contribution is -2.09. The van der Waals surface area contributed by atoms with Crippen molar-refractivity contribution in [2.45, 2.75) is 0 Å². The zero-order chi connectivity index (χ0) is 18.8. The van der Waals surface area contributed by atoms with E-state index in [0.717, 1.165) is 0 Å². The third kappa shape index (κ3) is 3.30. The number of anilines is 1. The molecular formula is C22H15NO4. The molecule has 1 amide bonds. The summed E-state index contributed by atoms with van der Waals surface area (Å²) in [6.45, 7) is 0. The van der Waals surface area contributed by atoms with Gasteiger partial charge in [0.2, 0.25) is 11.3 Å². The molecule has 27 heavy (non-hydrogen) atoms. The van der Waals surface area contributed by atoms with Gasteiger partial charge in [0, 0.05) is 17.3 Å². The molecule has 1 aromatic heterocycles. The van der Waals surface area contributed by atoms with E-state index < -0.39 is 0 Å². The van der Waals surface area contributed by atoms with E-state index in [1.165, 1.54) is 12.2 Å². The molecule has 0 saturated heterocycles. The number of phenolic OH excluding ortho intramolecular Hbond substituents is 1. The van der Waals surface area contributed by atoms with E-state index in [2.05, 4.69) is 5.32 Å². The van der Waals surface area contributed by atoms with Gasteiger partial charge in [-0.05, 0) is 42.5 Å². The van der Waals surface area contributed by atoms with Gasteiger partial charge < -0.3 is 14.8 Å². The van der Waals surface area contributed by atoms with Crippen molar-refractivity contribution < 1.29 is 14.3 Å². The summed E-state index contributed by atoms with van der Waals surface area (Å²) in [7, 11) is 0. The van der Waals surface area contributed by atoms with Crippen molar-refractivity contribution in [1.82, 2.24) is 0 Å². The normalized spacial score (nSPS) is 11.3. The lowest BCUT2D eigenvalue weighted by Gasteiger charge is -2.05. The van der Waals surface area contributed by atoms with Crippen molar-refractivity contribution in [1.29, 1.82) is 0 Å². The first-order valence-corrected chi connectivity index (χ1v) is 8.34. The van der Waals surface area contributed by atoms with Gasteiger partial charge in [-0.25, -0.2) is 0 Å². The summed E-state index contributed by atoms with van der Waals surface area (Å²) in [4.78, 5) is 24.8. The second kappa shape index (κ2) is 6.80. The highest BCUT2D eigenvalue weighted by molar-refractivity contribution is 6.03. The first-order valence-electron chi connectivity index (χ1n) is 8.34. The van der Waals surface area contributed by atoms with E-state index >= 15 is 0 Å². The number of aromatic hydroxyl groups is 1. The van der Waals surface area contributed by atoms with Gasteiger partial charge in [0.15, 0.2) is 0 Å². The number of carbonyl (C=O) groups excluding carboxylic acids is 1. The van der Waals surface area contributed by atoms with Gasteiger partial charge in [0.25, 0.3) is 0 Å². The Labute approximate surface area is 154 Å². The van der Waals surface area contributed by atoms with Gasteiger partial charge in [0.1, 0.15) is 16.9 Å². The van der Waals surface area contributed by atoms with Crippen molar-refractivity contribution in [2.75, 3.05) is 5.32 Å². The van der Waals surface area contributed by atoms with E-state index in [0.29, 0.717) is 33.2 Å². The Hall–Kier alpha value is -3.86. The average molecular weight is 357 g/mol. The Morgan fingerprint density at radius 1 is 0.926 bits per heavy atom. The predicted octanol–water partition coefficient (Wildman–Crippen LogP) is 4.30.